The number of hydrogen-bond acceptors (Lipinski definition) is 0. The second kappa shape index (κ2) is 4.48. The lowest BCUT2D eigenvalue weighted by molar-refractivity contribution is 0.904. The number of benzene rings is 2. The Labute approximate surface area is 91.9 Å². The van der Waals surface area contributed by atoms with Crippen molar-refractivity contribution in [1.29, 1.82) is 0 Å². The van der Waals surface area contributed by atoms with Gasteiger partial charge in [0.1, 0.15) is 0 Å². The van der Waals surface area contributed by atoms with Gasteiger partial charge in [-0.3, -0.25) is 0 Å². The third-order valence-electron chi connectivity index (χ3n) is 3.01. The molecule has 0 saturated heterocycles. The molecule has 0 fully saturated rings. The number of aryl methyl sites for hydroxylation is 2. The Morgan fingerprint density at radius 1 is 0.933 bits per heavy atom. The van der Waals surface area contributed by atoms with Crippen molar-refractivity contribution in [2.75, 3.05) is 0 Å². The maximum atomic E-state index is 2.30. The lowest BCUT2D eigenvalue weighted by atomic mass is 9.95. The summed E-state index contributed by atoms with van der Waals surface area (Å²) in [6.07, 6.45) is 3.57. The van der Waals surface area contributed by atoms with Gasteiger partial charge in [0, 0.05) is 0 Å². The summed E-state index contributed by atoms with van der Waals surface area (Å²) < 4.78 is 0. The van der Waals surface area contributed by atoms with Crippen LogP contribution in [0.5, 0.6) is 0 Å². The lowest BCUT2D eigenvalue weighted by Gasteiger charge is -2.10. The molecule has 0 aliphatic rings. The summed E-state index contributed by atoms with van der Waals surface area (Å²) in [5.41, 5.74) is 3.06. The average Bonchev–Trinajstić information content (AvgIpc) is 2.29. The molecule has 0 aliphatic carbocycles. The fourth-order valence-corrected chi connectivity index (χ4v) is 2.30. The highest BCUT2D eigenvalue weighted by atomic mass is 14.1. The highest BCUT2D eigenvalue weighted by molar-refractivity contribution is 5.86. The molecule has 0 saturated carbocycles. The maximum Gasteiger partial charge on any atom is -0.0149 e. The summed E-state index contributed by atoms with van der Waals surface area (Å²) in [7, 11) is 0. The average molecular weight is 198 g/mol. The van der Waals surface area contributed by atoms with Gasteiger partial charge >= 0.3 is 0 Å². The van der Waals surface area contributed by atoms with Crippen molar-refractivity contribution < 1.29 is 0 Å². The van der Waals surface area contributed by atoms with E-state index in [2.05, 4.69) is 50.2 Å². The molecular formula is C15H18. The van der Waals surface area contributed by atoms with Gasteiger partial charge < -0.3 is 0 Å². The van der Waals surface area contributed by atoms with E-state index in [0.717, 1.165) is 6.42 Å². The molecule has 0 heteroatoms. The van der Waals surface area contributed by atoms with E-state index in [4.69, 9.17) is 0 Å². The maximum absolute atomic E-state index is 2.30. The van der Waals surface area contributed by atoms with Gasteiger partial charge in [0.05, 0.1) is 0 Å². The van der Waals surface area contributed by atoms with Crippen LogP contribution >= 0.6 is 0 Å². The third kappa shape index (κ3) is 1.90. The molecule has 15 heavy (non-hydrogen) atoms. The van der Waals surface area contributed by atoms with Crippen LogP contribution < -0.4 is 0 Å². The Balaban J connectivity index is 2.64. The van der Waals surface area contributed by atoms with E-state index in [0.29, 0.717) is 0 Å². The van der Waals surface area contributed by atoms with Gasteiger partial charge in [0.2, 0.25) is 0 Å². The van der Waals surface area contributed by atoms with Gasteiger partial charge in [-0.1, -0.05) is 56.7 Å². The monoisotopic (exact) mass is 198 g/mol. The van der Waals surface area contributed by atoms with E-state index in [-0.39, 0.29) is 0 Å². The van der Waals surface area contributed by atoms with Crippen LogP contribution in [0.2, 0.25) is 0 Å². The van der Waals surface area contributed by atoms with Crippen molar-refractivity contribution in [3.63, 3.8) is 0 Å². The minimum atomic E-state index is 1.14. The van der Waals surface area contributed by atoms with Crippen molar-refractivity contribution in [1.82, 2.24) is 0 Å². The van der Waals surface area contributed by atoms with E-state index in [9.17, 15) is 0 Å². The highest BCUT2D eigenvalue weighted by Gasteiger charge is 2.04. The zero-order valence-electron chi connectivity index (χ0n) is 9.59. The van der Waals surface area contributed by atoms with Crippen molar-refractivity contribution in [3.8, 4) is 0 Å². The van der Waals surface area contributed by atoms with E-state index in [1.807, 2.05) is 0 Å². The van der Waals surface area contributed by atoms with Crippen LogP contribution in [-0.2, 0) is 12.8 Å². The Morgan fingerprint density at radius 2 is 1.73 bits per heavy atom. The van der Waals surface area contributed by atoms with Gasteiger partial charge in [0.15, 0.2) is 0 Å². The Bertz CT molecular complexity index is 455. The molecule has 2 aromatic rings. The SMILES string of the molecule is CCCc1ccc2ccccc2c1CC. The first-order valence-corrected chi connectivity index (χ1v) is 5.86. The topological polar surface area (TPSA) is 0 Å². The number of hydrogen-bond donors (Lipinski definition) is 0. The molecule has 2 rings (SSSR count). The molecule has 0 nitrogen and oxygen atoms in total. The van der Waals surface area contributed by atoms with Crippen molar-refractivity contribution in [2.24, 2.45) is 0 Å². The van der Waals surface area contributed by atoms with Gasteiger partial charge in [-0.15, -0.1) is 0 Å². The molecule has 0 aliphatic heterocycles. The second-order valence-electron chi connectivity index (χ2n) is 4.03. The fraction of sp³-hybridized carbons (Fsp3) is 0.333. The quantitative estimate of drug-likeness (QED) is 0.687. The van der Waals surface area contributed by atoms with Crippen LogP contribution in [-0.4, -0.2) is 0 Å². The molecule has 0 amide bonds. The van der Waals surface area contributed by atoms with Gasteiger partial charge in [-0.25, -0.2) is 0 Å². The van der Waals surface area contributed by atoms with Gasteiger partial charge in [-0.2, -0.15) is 0 Å². The predicted molar refractivity (Wildman–Crippen MR) is 67.3 cm³/mol. The van der Waals surface area contributed by atoms with Crippen LogP contribution in [0.4, 0.5) is 0 Å². The first-order chi connectivity index (χ1) is 7.36. The van der Waals surface area contributed by atoms with E-state index in [1.54, 1.807) is 0 Å². The summed E-state index contributed by atoms with van der Waals surface area (Å²) in [4.78, 5) is 0. The molecule has 0 spiro atoms. The van der Waals surface area contributed by atoms with Crippen LogP contribution in [0.3, 0.4) is 0 Å². The Hall–Kier alpha value is -1.30. The minimum absolute atomic E-state index is 1.14. The molecule has 0 atom stereocenters. The smallest absolute Gasteiger partial charge is 0.0149 e. The Kier molecular flexibility index (Phi) is 3.05. The molecule has 0 aromatic heterocycles. The number of rotatable bonds is 3. The summed E-state index contributed by atoms with van der Waals surface area (Å²) in [6.45, 7) is 4.50. The molecular weight excluding hydrogens is 180 g/mol. The Morgan fingerprint density at radius 3 is 2.47 bits per heavy atom. The largest absolute Gasteiger partial charge is 0.0651 e. The van der Waals surface area contributed by atoms with Gasteiger partial charge in [-0.05, 0) is 34.7 Å². The molecule has 0 heterocycles. The molecule has 0 radical (unpaired) electrons. The second-order valence-corrected chi connectivity index (χ2v) is 4.03. The van der Waals surface area contributed by atoms with Crippen LogP contribution in [0.25, 0.3) is 10.8 Å². The molecule has 78 valence electrons. The van der Waals surface area contributed by atoms with E-state index in [1.165, 1.54) is 34.7 Å². The van der Waals surface area contributed by atoms with Crippen molar-refractivity contribution in [3.05, 3.63) is 47.5 Å². The number of fused-ring (bicyclic) bond motifs is 1. The minimum Gasteiger partial charge on any atom is -0.0651 e. The van der Waals surface area contributed by atoms with Crippen LogP contribution in [0.1, 0.15) is 31.4 Å². The van der Waals surface area contributed by atoms with Gasteiger partial charge in [0.25, 0.3) is 0 Å². The zero-order valence-corrected chi connectivity index (χ0v) is 9.59. The van der Waals surface area contributed by atoms with Crippen molar-refractivity contribution in [2.45, 2.75) is 33.1 Å². The summed E-state index contributed by atoms with van der Waals surface area (Å²) in [5.74, 6) is 0. The standard InChI is InChI=1S/C15H18/c1-3-7-12-10-11-13-8-5-6-9-15(13)14(12)4-2/h5-6,8-11H,3-4,7H2,1-2H3. The summed E-state index contributed by atoms with van der Waals surface area (Å²) in [6, 6.07) is 13.2. The fourth-order valence-electron chi connectivity index (χ4n) is 2.30. The summed E-state index contributed by atoms with van der Waals surface area (Å²) in [5, 5.41) is 2.81. The lowest BCUT2D eigenvalue weighted by Crippen LogP contribution is -1.93. The van der Waals surface area contributed by atoms with Crippen LogP contribution in [0.15, 0.2) is 36.4 Å². The first-order valence-electron chi connectivity index (χ1n) is 5.86. The van der Waals surface area contributed by atoms with E-state index < -0.39 is 0 Å². The normalized spacial score (nSPS) is 10.8. The van der Waals surface area contributed by atoms with Crippen molar-refractivity contribution >= 4 is 10.8 Å². The molecule has 0 bridgehead atoms. The predicted octanol–water partition coefficient (Wildman–Crippen LogP) is 4.35. The molecule has 0 N–H and O–H groups in total. The third-order valence-corrected chi connectivity index (χ3v) is 3.01. The molecule has 0 unspecified atom stereocenters. The first kappa shape index (κ1) is 10.2. The molecule has 2 aromatic carbocycles. The zero-order chi connectivity index (χ0) is 10.7. The highest BCUT2D eigenvalue weighted by Crippen LogP contribution is 2.23. The van der Waals surface area contributed by atoms with E-state index >= 15 is 0 Å². The van der Waals surface area contributed by atoms with Crippen LogP contribution in [0, 0.1) is 0 Å². The summed E-state index contributed by atoms with van der Waals surface area (Å²) >= 11 is 0.